The highest BCUT2D eigenvalue weighted by Gasteiger charge is 2.24. The first kappa shape index (κ1) is 17.1. The van der Waals surface area contributed by atoms with Gasteiger partial charge < -0.3 is 5.32 Å². The van der Waals surface area contributed by atoms with E-state index in [9.17, 15) is 0 Å². The molecular formula is C18H27Cl2N. The lowest BCUT2D eigenvalue weighted by Crippen LogP contribution is -2.33. The van der Waals surface area contributed by atoms with Crippen molar-refractivity contribution in [3.8, 4) is 0 Å². The van der Waals surface area contributed by atoms with Crippen LogP contribution in [0, 0.1) is 11.8 Å². The minimum Gasteiger partial charge on any atom is -0.314 e. The first-order valence-corrected chi connectivity index (χ1v) is 8.99. The molecule has 0 saturated heterocycles. The van der Waals surface area contributed by atoms with Crippen molar-refractivity contribution in [2.24, 2.45) is 11.8 Å². The van der Waals surface area contributed by atoms with E-state index in [1.165, 1.54) is 37.7 Å². The van der Waals surface area contributed by atoms with Gasteiger partial charge in [-0.1, -0.05) is 62.4 Å². The molecule has 0 spiro atoms. The molecule has 1 nitrogen and oxygen atoms in total. The summed E-state index contributed by atoms with van der Waals surface area (Å²) in [6, 6.07) is 6.67. The van der Waals surface area contributed by atoms with Crippen LogP contribution in [0.25, 0.3) is 0 Å². The molecule has 1 aliphatic carbocycles. The van der Waals surface area contributed by atoms with Crippen molar-refractivity contribution in [1.29, 1.82) is 0 Å². The van der Waals surface area contributed by atoms with Gasteiger partial charge in [0.25, 0.3) is 0 Å². The highest BCUT2D eigenvalue weighted by molar-refractivity contribution is 6.42. The smallest absolute Gasteiger partial charge is 0.0595 e. The number of hydrogen-bond acceptors (Lipinski definition) is 1. The van der Waals surface area contributed by atoms with E-state index in [1.807, 2.05) is 12.1 Å². The van der Waals surface area contributed by atoms with E-state index >= 15 is 0 Å². The van der Waals surface area contributed by atoms with Gasteiger partial charge in [-0.25, -0.2) is 0 Å². The zero-order valence-corrected chi connectivity index (χ0v) is 14.7. The molecule has 2 unspecified atom stereocenters. The molecule has 1 fully saturated rings. The van der Waals surface area contributed by atoms with Crippen LogP contribution in [0.5, 0.6) is 0 Å². The standard InChI is InChI=1S/C18H27Cl2N/c1-13(2)21-12-16-7-5-3-4-6-15(16)10-14-8-9-17(19)18(20)11-14/h8-9,11,13,15-16,21H,3-7,10,12H2,1-2H3. The van der Waals surface area contributed by atoms with E-state index in [1.54, 1.807) is 0 Å². The van der Waals surface area contributed by atoms with Crippen LogP contribution in [0.4, 0.5) is 0 Å². The van der Waals surface area contributed by atoms with Gasteiger partial charge in [-0.05, 0) is 55.3 Å². The molecule has 0 aliphatic heterocycles. The zero-order chi connectivity index (χ0) is 15.2. The number of rotatable bonds is 5. The maximum Gasteiger partial charge on any atom is 0.0595 e. The average molecular weight is 328 g/mol. The van der Waals surface area contributed by atoms with Gasteiger partial charge in [0, 0.05) is 6.04 Å². The number of benzene rings is 1. The lowest BCUT2D eigenvalue weighted by Gasteiger charge is -2.26. The Kier molecular flexibility index (Phi) is 6.85. The summed E-state index contributed by atoms with van der Waals surface area (Å²) >= 11 is 12.2. The van der Waals surface area contributed by atoms with E-state index in [0.717, 1.165) is 24.8 Å². The molecular weight excluding hydrogens is 301 g/mol. The molecule has 21 heavy (non-hydrogen) atoms. The second-order valence-corrected chi connectivity index (χ2v) is 7.49. The van der Waals surface area contributed by atoms with Gasteiger partial charge in [0.15, 0.2) is 0 Å². The van der Waals surface area contributed by atoms with Gasteiger partial charge in [-0.2, -0.15) is 0 Å². The minimum atomic E-state index is 0.568. The summed E-state index contributed by atoms with van der Waals surface area (Å²) < 4.78 is 0. The van der Waals surface area contributed by atoms with Gasteiger partial charge in [-0.3, -0.25) is 0 Å². The molecule has 0 amide bonds. The molecule has 3 heteroatoms. The SMILES string of the molecule is CC(C)NCC1CCCCCC1Cc1ccc(Cl)c(Cl)c1. The van der Waals surface area contributed by atoms with Crippen LogP contribution in [0.2, 0.25) is 10.0 Å². The van der Waals surface area contributed by atoms with Crippen molar-refractivity contribution in [3.05, 3.63) is 33.8 Å². The van der Waals surface area contributed by atoms with Crippen LogP contribution in [-0.4, -0.2) is 12.6 Å². The summed E-state index contributed by atoms with van der Waals surface area (Å²) in [6.07, 6.45) is 7.94. The molecule has 0 bridgehead atoms. The molecule has 1 N–H and O–H groups in total. The maximum absolute atomic E-state index is 6.16. The van der Waals surface area contributed by atoms with Crippen LogP contribution in [0.15, 0.2) is 18.2 Å². The van der Waals surface area contributed by atoms with Crippen LogP contribution >= 0.6 is 23.2 Å². The fourth-order valence-electron chi connectivity index (χ4n) is 3.36. The Labute approximate surface area is 139 Å². The first-order chi connectivity index (χ1) is 10.1. The third-order valence-corrected chi connectivity index (χ3v) is 5.33. The molecule has 0 aromatic heterocycles. The topological polar surface area (TPSA) is 12.0 Å². The lowest BCUT2D eigenvalue weighted by atomic mass is 9.83. The third-order valence-electron chi connectivity index (χ3n) is 4.59. The Morgan fingerprint density at radius 2 is 1.76 bits per heavy atom. The normalized spacial score (nSPS) is 23.3. The Morgan fingerprint density at radius 3 is 2.43 bits per heavy atom. The zero-order valence-electron chi connectivity index (χ0n) is 13.2. The Bertz CT molecular complexity index is 445. The number of hydrogen-bond donors (Lipinski definition) is 1. The van der Waals surface area contributed by atoms with Crippen molar-refractivity contribution < 1.29 is 0 Å². The lowest BCUT2D eigenvalue weighted by molar-refractivity contribution is 0.291. The second kappa shape index (κ2) is 8.41. The van der Waals surface area contributed by atoms with Gasteiger partial charge in [0.05, 0.1) is 10.0 Å². The van der Waals surface area contributed by atoms with Gasteiger partial charge >= 0.3 is 0 Å². The number of halogens is 2. The van der Waals surface area contributed by atoms with Crippen molar-refractivity contribution in [3.63, 3.8) is 0 Å². The summed E-state index contributed by atoms with van der Waals surface area (Å²) in [7, 11) is 0. The first-order valence-electron chi connectivity index (χ1n) is 8.23. The van der Waals surface area contributed by atoms with E-state index in [-0.39, 0.29) is 0 Å². The Balaban J connectivity index is 2.03. The molecule has 1 aromatic carbocycles. The average Bonchev–Trinajstić information content (AvgIpc) is 2.66. The third kappa shape index (κ3) is 5.47. The van der Waals surface area contributed by atoms with Crippen molar-refractivity contribution in [2.75, 3.05) is 6.54 Å². The fourth-order valence-corrected chi connectivity index (χ4v) is 3.68. The molecule has 1 saturated carbocycles. The maximum atomic E-state index is 6.16. The summed E-state index contributed by atoms with van der Waals surface area (Å²) in [6.45, 7) is 5.60. The summed E-state index contributed by atoms with van der Waals surface area (Å²) in [5.41, 5.74) is 1.32. The van der Waals surface area contributed by atoms with E-state index in [2.05, 4.69) is 25.2 Å². The molecule has 0 radical (unpaired) electrons. The van der Waals surface area contributed by atoms with Gasteiger partial charge in [0.1, 0.15) is 0 Å². The fraction of sp³-hybridized carbons (Fsp3) is 0.667. The molecule has 2 atom stereocenters. The second-order valence-electron chi connectivity index (χ2n) is 6.67. The van der Waals surface area contributed by atoms with Crippen molar-refractivity contribution >= 4 is 23.2 Å². The largest absolute Gasteiger partial charge is 0.314 e. The summed E-state index contributed by atoms with van der Waals surface area (Å²) in [5, 5.41) is 4.96. The Morgan fingerprint density at radius 1 is 1.05 bits per heavy atom. The molecule has 1 aliphatic rings. The highest BCUT2D eigenvalue weighted by Crippen LogP contribution is 2.32. The quantitative estimate of drug-likeness (QED) is 0.681. The van der Waals surface area contributed by atoms with E-state index < -0.39 is 0 Å². The predicted octanol–water partition coefficient (Wildman–Crippen LogP) is 5.73. The molecule has 2 rings (SSSR count). The summed E-state index contributed by atoms with van der Waals surface area (Å²) in [4.78, 5) is 0. The van der Waals surface area contributed by atoms with E-state index in [4.69, 9.17) is 23.2 Å². The monoisotopic (exact) mass is 327 g/mol. The molecule has 118 valence electrons. The molecule has 1 aromatic rings. The molecule has 0 heterocycles. The number of nitrogens with one attached hydrogen (secondary N) is 1. The van der Waals surface area contributed by atoms with Crippen LogP contribution in [0.3, 0.4) is 0 Å². The highest BCUT2D eigenvalue weighted by atomic mass is 35.5. The van der Waals surface area contributed by atoms with Gasteiger partial charge in [-0.15, -0.1) is 0 Å². The minimum absolute atomic E-state index is 0.568. The Hall–Kier alpha value is -0.240. The predicted molar refractivity (Wildman–Crippen MR) is 93.4 cm³/mol. The van der Waals surface area contributed by atoms with Crippen LogP contribution in [0.1, 0.15) is 51.5 Å². The summed E-state index contributed by atoms with van der Waals surface area (Å²) in [5.74, 6) is 1.54. The van der Waals surface area contributed by atoms with Crippen LogP contribution < -0.4 is 5.32 Å². The van der Waals surface area contributed by atoms with E-state index in [0.29, 0.717) is 16.1 Å². The van der Waals surface area contributed by atoms with Crippen molar-refractivity contribution in [2.45, 2.75) is 58.4 Å². The van der Waals surface area contributed by atoms with Crippen molar-refractivity contribution in [1.82, 2.24) is 5.32 Å². The van der Waals surface area contributed by atoms with Crippen LogP contribution in [-0.2, 0) is 6.42 Å². The van der Waals surface area contributed by atoms with Gasteiger partial charge in [0.2, 0.25) is 0 Å².